The summed E-state index contributed by atoms with van der Waals surface area (Å²) in [5, 5.41) is 10.0. The molecule has 0 bridgehead atoms. The third-order valence-corrected chi connectivity index (χ3v) is 5.05. The number of rotatable bonds is 3. The summed E-state index contributed by atoms with van der Waals surface area (Å²) in [6.45, 7) is 0.627. The molecule has 1 heterocycles. The Balaban J connectivity index is 2.09. The molecule has 110 valence electrons. The molecule has 2 fully saturated rings. The molecule has 1 saturated heterocycles. The van der Waals surface area contributed by atoms with Gasteiger partial charge in [0.25, 0.3) is 0 Å². The molecule has 0 spiro atoms. The number of carbonyl (C=O) groups is 1. The molecule has 5 nitrogen and oxygen atoms in total. The number of sulfone groups is 1. The molecule has 0 aromatic rings. The highest BCUT2D eigenvalue weighted by Crippen LogP contribution is 2.35. The summed E-state index contributed by atoms with van der Waals surface area (Å²) in [6, 6.07) is 0.0282. The van der Waals surface area contributed by atoms with Crippen LogP contribution in [0.4, 0.5) is 0 Å². The first-order chi connectivity index (χ1) is 8.88. The van der Waals surface area contributed by atoms with Crippen LogP contribution in [0, 0.1) is 5.92 Å². The smallest absolute Gasteiger partial charge is 0.238 e. The van der Waals surface area contributed by atoms with E-state index in [1.165, 1.54) is 0 Å². The fourth-order valence-electron chi connectivity index (χ4n) is 3.44. The largest absolute Gasteiger partial charge is 0.393 e. The lowest BCUT2D eigenvalue weighted by Crippen LogP contribution is -2.50. The lowest BCUT2D eigenvalue weighted by atomic mass is 9.88. The molecule has 3 atom stereocenters. The number of carbonyl (C=O) groups excluding carboxylic acids is 1. The molecule has 6 heteroatoms. The maximum atomic E-state index is 12.2. The first-order valence-corrected chi connectivity index (χ1v) is 9.10. The number of amides is 1. The maximum Gasteiger partial charge on any atom is 0.238 e. The Morgan fingerprint density at radius 1 is 1.21 bits per heavy atom. The number of piperidine rings is 1. The number of likely N-dealkylation sites (tertiary alicyclic amines) is 1. The monoisotopic (exact) mass is 289 g/mol. The predicted octanol–water partition coefficient (Wildman–Crippen LogP) is 0.573. The molecule has 1 amide bonds. The van der Waals surface area contributed by atoms with Gasteiger partial charge >= 0.3 is 0 Å². The normalized spacial score (nSPS) is 32.5. The van der Waals surface area contributed by atoms with Gasteiger partial charge < -0.3 is 10.0 Å². The Morgan fingerprint density at radius 3 is 2.53 bits per heavy atom. The van der Waals surface area contributed by atoms with Gasteiger partial charge in [-0.1, -0.05) is 6.42 Å². The third-order valence-electron chi connectivity index (χ3n) is 4.28. The van der Waals surface area contributed by atoms with E-state index in [1.807, 2.05) is 0 Å². The number of hydrogen-bond acceptors (Lipinski definition) is 4. The fourth-order valence-corrected chi connectivity index (χ4v) is 4.05. The highest BCUT2D eigenvalue weighted by Gasteiger charge is 2.39. The standard InChI is InChI=1S/C13H23NO4S/c1-19(17,18)9-13(16)14-8-3-2-6-11(14)10-5-4-7-12(10)15/h10-12,15H,2-9H2,1H3. The molecule has 0 aromatic carbocycles. The van der Waals surface area contributed by atoms with Gasteiger partial charge in [0.1, 0.15) is 5.75 Å². The van der Waals surface area contributed by atoms with Gasteiger partial charge in [0, 0.05) is 24.8 Å². The second-order valence-electron chi connectivity index (χ2n) is 5.88. The van der Waals surface area contributed by atoms with Crippen LogP contribution in [0.1, 0.15) is 38.5 Å². The summed E-state index contributed by atoms with van der Waals surface area (Å²) in [5.41, 5.74) is 0. The molecule has 0 radical (unpaired) electrons. The first-order valence-electron chi connectivity index (χ1n) is 7.04. The van der Waals surface area contributed by atoms with E-state index in [9.17, 15) is 18.3 Å². The van der Waals surface area contributed by atoms with Crippen molar-refractivity contribution < 1.29 is 18.3 Å². The van der Waals surface area contributed by atoms with Crippen molar-refractivity contribution in [1.29, 1.82) is 0 Å². The van der Waals surface area contributed by atoms with E-state index >= 15 is 0 Å². The second kappa shape index (κ2) is 5.79. The van der Waals surface area contributed by atoms with E-state index in [1.54, 1.807) is 4.90 Å². The van der Waals surface area contributed by atoms with Crippen LogP contribution in [0.5, 0.6) is 0 Å². The number of aliphatic hydroxyl groups excluding tert-OH is 1. The highest BCUT2D eigenvalue weighted by atomic mass is 32.2. The SMILES string of the molecule is CS(=O)(=O)CC(=O)N1CCCCC1C1CCCC1O. The van der Waals surface area contributed by atoms with E-state index in [0.717, 1.165) is 44.8 Å². The average molecular weight is 289 g/mol. The quantitative estimate of drug-likeness (QED) is 0.824. The molecule has 2 aliphatic rings. The van der Waals surface area contributed by atoms with Crippen LogP contribution in [-0.2, 0) is 14.6 Å². The lowest BCUT2D eigenvalue weighted by molar-refractivity contribution is -0.134. The van der Waals surface area contributed by atoms with Crippen molar-refractivity contribution in [3.63, 3.8) is 0 Å². The number of aliphatic hydroxyl groups is 1. The minimum atomic E-state index is -3.29. The summed E-state index contributed by atoms with van der Waals surface area (Å²) in [4.78, 5) is 13.9. The van der Waals surface area contributed by atoms with Gasteiger partial charge in [-0.05, 0) is 32.1 Å². The molecular formula is C13H23NO4S. The zero-order chi connectivity index (χ0) is 14.0. The van der Waals surface area contributed by atoms with Crippen molar-refractivity contribution in [3.05, 3.63) is 0 Å². The molecule has 1 saturated carbocycles. The molecule has 3 unspecified atom stereocenters. The molecule has 19 heavy (non-hydrogen) atoms. The Hall–Kier alpha value is -0.620. The van der Waals surface area contributed by atoms with Crippen molar-refractivity contribution in [2.75, 3.05) is 18.6 Å². The summed E-state index contributed by atoms with van der Waals surface area (Å²) in [6.07, 6.45) is 6.36. The Morgan fingerprint density at radius 2 is 1.95 bits per heavy atom. The summed E-state index contributed by atoms with van der Waals surface area (Å²) in [5.74, 6) is -0.582. The first kappa shape index (κ1) is 14.8. The van der Waals surface area contributed by atoms with Gasteiger partial charge in [-0.2, -0.15) is 0 Å². The van der Waals surface area contributed by atoms with E-state index < -0.39 is 15.6 Å². The summed E-state index contributed by atoms with van der Waals surface area (Å²) >= 11 is 0. The Labute approximate surface area is 114 Å². The second-order valence-corrected chi connectivity index (χ2v) is 8.02. The van der Waals surface area contributed by atoms with Crippen molar-refractivity contribution in [2.45, 2.75) is 50.7 Å². The minimum absolute atomic E-state index is 0.0282. The third kappa shape index (κ3) is 3.69. The maximum absolute atomic E-state index is 12.2. The molecule has 2 rings (SSSR count). The topological polar surface area (TPSA) is 74.7 Å². The van der Waals surface area contributed by atoms with E-state index in [-0.39, 0.29) is 24.0 Å². The number of nitrogens with zero attached hydrogens (tertiary/aromatic N) is 1. The van der Waals surface area contributed by atoms with E-state index in [0.29, 0.717) is 6.54 Å². The summed E-state index contributed by atoms with van der Waals surface area (Å²) in [7, 11) is -3.29. The van der Waals surface area contributed by atoms with Gasteiger partial charge in [-0.3, -0.25) is 4.79 Å². The molecule has 1 N–H and O–H groups in total. The van der Waals surface area contributed by atoms with Crippen LogP contribution in [0.2, 0.25) is 0 Å². The van der Waals surface area contributed by atoms with Crippen LogP contribution in [0.25, 0.3) is 0 Å². The van der Waals surface area contributed by atoms with Crippen LogP contribution < -0.4 is 0 Å². The number of hydrogen-bond donors (Lipinski definition) is 1. The van der Waals surface area contributed by atoms with Crippen LogP contribution in [0.3, 0.4) is 0 Å². The van der Waals surface area contributed by atoms with E-state index in [2.05, 4.69) is 0 Å². The van der Waals surface area contributed by atoms with Gasteiger partial charge in [0.15, 0.2) is 9.84 Å². The van der Waals surface area contributed by atoms with E-state index in [4.69, 9.17) is 0 Å². The zero-order valence-electron chi connectivity index (χ0n) is 11.4. The Kier molecular flexibility index (Phi) is 4.50. The molecule has 1 aliphatic heterocycles. The van der Waals surface area contributed by atoms with Gasteiger partial charge in [0.05, 0.1) is 6.10 Å². The molecule has 1 aliphatic carbocycles. The lowest BCUT2D eigenvalue weighted by Gasteiger charge is -2.40. The summed E-state index contributed by atoms with van der Waals surface area (Å²) < 4.78 is 22.6. The molecular weight excluding hydrogens is 266 g/mol. The zero-order valence-corrected chi connectivity index (χ0v) is 12.2. The van der Waals surface area contributed by atoms with Crippen LogP contribution >= 0.6 is 0 Å². The van der Waals surface area contributed by atoms with Crippen LogP contribution in [-0.4, -0.2) is 55.0 Å². The van der Waals surface area contributed by atoms with Gasteiger partial charge in [-0.25, -0.2) is 8.42 Å². The van der Waals surface area contributed by atoms with Crippen molar-refractivity contribution in [1.82, 2.24) is 4.90 Å². The minimum Gasteiger partial charge on any atom is -0.393 e. The highest BCUT2D eigenvalue weighted by molar-refractivity contribution is 7.91. The Bertz CT molecular complexity index is 434. The van der Waals surface area contributed by atoms with Crippen molar-refractivity contribution in [2.24, 2.45) is 5.92 Å². The fraction of sp³-hybridized carbons (Fsp3) is 0.923. The van der Waals surface area contributed by atoms with Gasteiger partial charge in [0.2, 0.25) is 5.91 Å². The predicted molar refractivity (Wildman–Crippen MR) is 72.4 cm³/mol. The van der Waals surface area contributed by atoms with Crippen molar-refractivity contribution >= 4 is 15.7 Å². The average Bonchev–Trinajstić information content (AvgIpc) is 2.73. The van der Waals surface area contributed by atoms with Crippen LogP contribution in [0.15, 0.2) is 0 Å². The molecule has 0 aromatic heterocycles. The van der Waals surface area contributed by atoms with Gasteiger partial charge in [-0.15, -0.1) is 0 Å². The van der Waals surface area contributed by atoms with Crippen molar-refractivity contribution in [3.8, 4) is 0 Å².